The van der Waals surface area contributed by atoms with Crippen molar-refractivity contribution in [3.63, 3.8) is 0 Å². The third-order valence-electron chi connectivity index (χ3n) is 3.21. The fourth-order valence-corrected chi connectivity index (χ4v) is 2.39. The number of hydrogen-bond donors (Lipinski definition) is 2. The number of rotatable bonds is 4. The molecule has 1 aliphatic carbocycles. The van der Waals surface area contributed by atoms with Crippen LogP contribution >= 0.6 is 0 Å². The molecule has 1 amide bonds. The van der Waals surface area contributed by atoms with Gasteiger partial charge in [-0.1, -0.05) is 0 Å². The number of halogens is 1. The molecule has 0 saturated heterocycles. The zero-order chi connectivity index (χ0) is 14.7. The number of nitrogens with zero attached hydrogens (tertiary/aromatic N) is 1. The molecule has 0 heterocycles. The second-order valence-electron chi connectivity index (χ2n) is 4.84. The van der Waals surface area contributed by atoms with E-state index in [1.54, 1.807) is 0 Å². The first-order chi connectivity index (χ1) is 9.45. The Morgan fingerprint density at radius 2 is 2.30 bits per heavy atom. The summed E-state index contributed by atoms with van der Waals surface area (Å²) in [5, 5.41) is 22.4. The lowest BCUT2D eigenvalue weighted by atomic mass is 10.2. The number of amides is 1. The van der Waals surface area contributed by atoms with Gasteiger partial charge in [0, 0.05) is 25.5 Å². The molecule has 0 aliphatic heterocycles. The lowest BCUT2D eigenvalue weighted by Gasteiger charge is -2.25. The van der Waals surface area contributed by atoms with Crippen LogP contribution in [-0.4, -0.2) is 23.3 Å². The van der Waals surface area contributed by atoms with E-state index in [1.165, 1.54) is 6.92 Å². The maximum Gasteiger partial charge on any atom is 0.217 e. The topological polar surface area (TPSA) is 84.9 Å². The third kappa shape index (κ3) is 3.58. The molecule has 0 spiro atoms. The van der Waals surface area contributed by atoms with Crippen molar-refractivity contribution < 1.29 is 19.1 Å². The van der Waals surface area contributed by atoms with Gasteiger partial charge in [0.2, 0.25) is 5.91 Å². The molecule has 6 nitrogen and oxygen atoms in total. The lowest BCUT2D eigenvalue weighted by molar-refractivity contribution is -0.119. The van der Waals surface area contributed by atoms with E-state index in [0.717, 1.165) is 24.6 Å². The summed E-state index contributed by atoms with van der Waals surface area (Å²) in [6.45, 7) is 1.44. The van der Waals surface area contributed by atoms with Gasteiger partial charge in [-0.3, -0.25) is 10.0 Å². The molecule has 110 valence electrons. The van der Waals surface area contributed by atoms with Crippen molar-refractivity contribution in [3.8, 4) is 5.75 Å². The molecule has 1 aromatic carbocycles. The van der Waals surface area contributed by atoms with Crippen LogP contribution in [0.25, 0.3) is 0 Å². The van der Waals surface area contributed by atoms with Gasteiger partial charge in [0.25, 0.3) is 0 Å². The number of ether oxygens (including phenoxy) is 1. The molecule has 1 fully saturated rings. The van der Waals surface area contributed by atoms with Crippen LogP contribution < -0.4 is 15.3 Å². The van der Waals surface area contributed by atoms with Gasteiger partial charge in [-0.05, 0) is 25.0 Å². The molecule has 2 N–H and O–H groups in total. The highest BCUT2D eigenvalue weighted by molar-refractivity contribution is 5.73. The Hall–Kier alpha value is -1.86. The average molecular weight is 283 g/mol. The largest absolute Gasteiger partial charge is 0.733 e. The van der Waals surface area contributed by atoms with Gasteiger partial charge < -0.3 is 20.5 Å². The first kappa shape index (κ1) is 14.5. The third-order valence-corrected chi connectivity index (χ3v) is 3.21. The molecule has 2 atom stereocenters. The van der Waals surface area contributed by atoms with Crippen molar-refractivity contribution in [2.45, 2.75) is 38.3 Å². The maximum atomic E-state index is 13.2. The lowest BCUT2D eigenvalue weighted by Crippen LogP contribution is -2.31. The highest BCUT2D eigenvalue weighted by Crippen LogP contribution is 2.32. The summed E-state index contributed by atoms with van der Waals surface area (Å²) >= 11 is 0. The Balaban J connectivity index is 2.04. The normalized spacial score (nSPS) is 21.6. The summed E-state index contributed by atoms with van der Waals surface area (Å²) in [4.78, 5) is 11.0. The van der Waals surface area contributed by atoms with Gasteiger partial charge in [-0.25, -0.2) is 4.39 Å². The molecule has 1 aromatic rings. The minimum absolute atomic E-state index is 0.00373. The number of hydrogen-bond acceptors (Lipinski definition) is 5. The summed E-state index contributed by atoms with van der Waals surface area (Å²) < 4.78 is 18.8. The smallest absolute Gasteiger partial charge is 0.217 e. The van der Waals surface area contributed by atoms with Crippen molar-refractivity contribution in [2.75, 3.05) is 5.23 Å². The van der Waals surface area contributed by atoms with Gasteiger partial charge in [-0.15, -0.1) is 0 Å². The fourth-order valence-electron chi connectivity index (χ4n) is 2.39. The van der Waals surface area contributed by atoms with E-state index in [2.05, 4.69) is 5.32 Å². The Morgan fingerprint density at radius 1 is 1.55 bits per heavy atom. The van der Waals surface area contributed by atoms with Gasteiger partial charge in [-0.2, -0.15) is 0 Å². The zero-order valence-electron chi connectivity index (χ0n) is 11.0. The van der Waals surface area contributed by atoms with Crippen molar-refractivity contribution in [2.24, 2.45) is 0 Å². The van der Waals surface area contributed by atoms with Crippen molar-refractivity contribution >= 4 is 11.6 Å². The summed E-state index contributed by atoms with van der Waals surface area (Å²) in [6, 6.07) is 3.30. The summed E-state index contributed by atoms with van der Waals surface area (Å²) in [6.07, 6.45) is 1.80. The monoisotopic (exact) mass is 283 g/mol. The van der Waals surface area contributed by atoms with Crippen LogP contribution in [0.1, 0.15) is 26.2 Å². The van der Waals surface area contributed by atoms with Crippen LogP contribution in [0.5, 0.6) is 5.75 Å². The van der Waals surface area contributed by atoms with E-state index < -0.39 is 5.82 Å². The molecule has 1 aliphatic rings. The summed E-state index contributed by atoms with van der Waals surface area (Å²) in [5.41, 5.74) is -0.144. The molecule has 20 heavy (non-hydrogen) atoms. The van der Waals surface area contributed by atoms with E-state index >= 15 is 0 Å². The van der Waals surface area contributed by atoms with Crippen molar-refractivity contribution in [3.05, 3.63) is 29.2 Å². The van der Waals surface area contributed by atoms with Crippen molar-refractivity contribution in [1.82, 2.24) is 5.32 Å². The first-order valence-corrected chi connectivity index (χ1v) is 6.35. The summed E-state index contributed by atoms with van der Waals surface area (Å²) in [5.74, 6) is -0.666. The predicted octanol–water partition coefficient (Wildman–Crippen LogP) is 1.96. The number of carbonyl (C=O) groups excluding carboxylic acids is 1. The highest BCUT2D eigenvalue weighted by Gasteiger charge is 2.27. The van der Waals surface area contributed by atoms with E-state index in [-0.39, 0.29) is 34.7 Å². The van der Waals surface area contributed by atoms with Gasteiger partial charge in [0.15, 0.2) is 0 Å². The first-order valence-electron chi connectivity index (χ1n) is 6.35. The molecule has 0 unspecified atom stereocenters. The number of benzene rings is 1. The minimum Gasteiger partial charge on any atom is -0.733 e. The van der Waals surface area contributed by atoms with Crippen LogP contribution in [-0.2, 0) is 4.79 Å². The van der Waals surface area contributed by atoms with E-state index in [4.69, 9.17) is 9.94 Å². The molecule has 0 bridgehead atoms. The molecular weight excluding hydrogens is 267 g/mol. The van der Waals surface area contributed by atoms with Gasteiger partial charge in [0.1, 0.15) is 17.7 Å². The van der Waals surface area contributed by atoms with E-state index in [9.17, 15) is 14.4 Å². The molecule has 7 heteroatoms. The van der Waals surface area contributed by atoms with Crippen LogP contribution in [0.4, 0.5) is 10.1 Å². The standard InChI is InChI=1S/C13H16FN2O4/c1-8(17)15-10-3-4-11(7-10)20-13-6-9(14)2-5-12(13)16(18)19/h2,5-6,10-11,18H,3-4,7H2,1H3,(H,15,17)/q-1/t10-,11-/m0/s1. The number of carbonyl (C=O) groups is 1. The van der Waals surface area contributed by atoms with Crippen LogP contribution in [0.3, 0.4) is 0 Å². The molecule has 2 rings (SSSR count). The predicted molar refractivity (Wildman–Crippen MR) is 69.9 cm³/mol. The minimum atomic E-state index is -0.554. The molecule has 0 radical (unpaired) electrons. The van der Waals surface area contributed by atoms with Crippen LogP contribution in [0.2, 0.25) is 0 Å². The van der Waals surface area contributed by atoms with Crippen LogP contribution in [0.15, 0.2) is 18.2 Å². The van der Waals surface area contributed by atoms with E-state index in [0.29, 0.717) is 12.8 Å². The highest BCUT2D eigenvalue weighted by atomic mass is 19.1. The fraction of sp³-hybridized carbons (Fsp3) is 0.462. The Morgan fingerprint density at radius 3 is 2.95 bits per heavy atom. The molecule has 0 aromatic heterocycles. The average Bonchev–Trinajstić information content (AvgIpc) is 2.75. The Bertz CT molecular complexity index is 495. The second-order valence-corrected chi connectivity index (χ2v) is 4.84. The van der Waals surface area contributed by atoms with Crippen molar-refractivity contribution in [1.29, 1.82) is 0 Å². The molecule has 1 saturated carbocycles. The van der Waals surface area contributed by atoms with E-state index in [1.807, 2.05) is 0 Å². The number of nitrogens with one attached hydrogen (secondary N) is 1. The van der Waals surface area contributed by atoms with Crippen LogP contribution in [0, 0.1) is 11.0 Å². The second kappa shape index (κ2) is 6.06. The zero-order valence-corrected chi connectivity index (χ0v) is 11.0. The van der Waals surface area contributed by atoms with Gasteiger partial charge >= 0.3 is 0 Å². The molecular formula is C13H16FN2O4-. The SMILES string of the molecule is CC(=O)N[C@H]1CC[C@H](Oc2cc(F)ccc2N([O-])O)C1. The quantitative estimate of drug-likeness (QED) is 0.825. The number of anilines is 1. The Kier molecular flexibility index (Phi) is 4.41. The van der Waals surface area contributed by atoms with Gasteiger partial charge in [0.05, 0.1) is 5.69 Å². The Labute approximate surface area is 115 Å². The summed E-state index contributed by atoms with van der Waals surface area (Å²) in [7, 11) is 0. The maximum absolute atomic E-state index is 13.2.